The standard InChI is InChI=1S/C11H22N2O.C2H6.H2/c1-9(2)10-4-6-13(7-5-10)8-11(14)12-3;1-2;/h9-10H,4-8H2,1-3H3,(H,12,14);1-2H3;1H. The fraction of sp³-hybridized carbons (Fsp3) is 0.923. The van der Waals surface area contributed by atoms with E-state index in [-0.39, 0.29) is 7.33 Å². The van der Waals surface area contributed by atoms with Gasteiger partial charge in [0.15, 0.2) is 0 Å². The molecule has 16 heavy (non-hydrogen) atoms. The molecule has 3 heteroatoms. The number of piperidine rings is 1. The SMILES string of the molecule is CC.CNC(=O)CN1CCC(C(C)C)CC1.[HH]. The molecule has 0 radical (unpaired) electrons. The van der Waals surface area contributed by atoms with Gasteiger partial charge in [-0.3, -0.25) is 9.69 Å². The van der Waals surface area contributed by atoms with Crippen molar-refractivity contribution in [2.75, 3.05) is 26.7 Å². The molecular formula is C13H30N2O. The number of hydrogen-bond acceptors (Lipinski definition) is 2. The monoisotopic (exact) mass is 230 g/mol. The molecule has 1 saturated heterocycles. The van der Waals surface area contributed by atoms with Crippen LogP contribution in [-0.4, -0.2) is 37.5 Å². The second-order valence-corrected chi connectivity index (χ2v) is 4.53. The maximum Gasteiger partial charge on any atom is 0.233 e. The van der Waals surface area contributed by atoms with Crippen molar-refractivity contribution in [1.82, 2.24) is 10.2 Å². The zero-order valence-corrected chi connectivity index (χ0v) is 11.5. The predicted molar refractivity (Wildman–Crippen MR) is 71.5 cm³/mol. The Balaban J connectivity index is 0. The molecule has 1 aliphatic heterocycles. The summed E-state index contributed by atoms with van der Waals surface area (Å²) in [6, 6.07) is 0. The molecule has 0 unspecified atom stereocenters. The zero-order chi connectivity index (χ0) is 12.6. The van der Waals surface area contributed by atoms with Crippen molar-refractivity contribution >= 4 is 5.91 Å². The van der Waals surface area contributed by atoms with Crippen molar-refractivity contribution in [3.05, 3.63) is 0 Å². The number of amides is 1. The normalized spacial score (nSPS) is 17.9. The number of nitrogens with one attached hydrogen (secondary N) is 1. The molecule has 0 aliphatic carbocycles. The summed E-state index contributed by atoms with van der Waals surface area (Å²) in [4.78, 5) is 13.4. The Morgan fingerprint density at radius 1 is 1.38 bits per heavy atom. The average molecular weight is 230 g/mol. The summed E-state index contributed by atoms with van der Waals surface area (Å²) < 4.78 is 0. The maximum atomic E-state index is 11.1. The number of carbonyl (C=O) groups excluding carboxylic acids is 1. The van der Waals surface area contributed by atoms with Crippen LogP contribution in [0, 0.1) is 11.8 Å². The minimum atomic E-state index is 0. The summed E-state index contributed by atoms with van der Waals surface area (Å²) in [6.07, 6.45) is 2.49. The fourth-order valence-electron chi connectivity index (χ4n) is 2.06. The molecule has 0 aromatic carbocycles. The zero-order valence-electron chi connectivity index (χ0n) is 11.5. The van der Waals surface area contributed by atoms with Gasteiger partial charge in [-0.2, -0.15) is 0 Å². The summed E-state index contributed by atoms with van der Waals surface area (Å²) in [5.41, 5.74) is 0. The summed E-state index contributed by atoms with van der Waals surface area (Å²) in [5.74, 6) is 1.78. The Morgan fingerprint density at radius 2 is 1.88 bits per heavy atom. The smallest absolute Gasteiger partial charge is 0.233 e. The molecule has 1 rings (SSSR count). The largest absolute Gasteiger partial charge is 0.358 e. The summed E-state index contributed by atoms with van der Waals surface area (Å²) in [6.45, 7) is 11.3. The van der Waals surface area contributed by atoms with Crippen LogP contribution in [0.1, 0.15) is 42.0 Å². The second-order valence-electron chi connectivity index (χ2n) is 4.53. The first kappa shape index (κ1) is 15.4. The highest BCUT2D eigenvalue weighted by atomic mass is 16.1. The first-order valence-corrected chi connectivity index (χ1v) is 6.56. The van der Waals surface area contributed by atoms with Gasteiger partial charge in [0, 0.05) is 8.47 Å². The minimum absolute atomic E-state index is 0. The van der Waals surface area contributed by atoms with Crippen molar-refractivity contribution in [3.63, 3.8) is 0 Å². The number of hydrogen-bond donors (Lipinski definition) is 1. The minimum Gasteiger partial charge on any atom is -0.358 e. The van der Waals surface area contributed by atoms with Gasteiger partial charge in [-0.05, 0) is 37.8 Å². The van der Waals surface area contributed by atoms with Crippen molar-refractivity contribution in [2.24, 2.45) is 11.8 Å². The van der Waals surface area contributed by atoms with Crippen LogP contribution in [0.5, 0.6) is 0 Å². The number of nitrogens with zero attached hydrogens (tertiary/aromatic N) is 1. The molecule has 1 amide bonds. The summed E-state index contributed by atoms with van der Waals surface area (Å²) in [7, 11) is 1.70. The van der Waals surface area contributed by atoms with E-state index in [4.69, 9.17) is 0 Å². The Morgan fingerprint density at radius 3 is 2.25 bits per heavy atom. The van der Waals surface area contributed by atoms with E-state index in [1.807, 2.05) is 13.8 Å². The highest BCUT2D eigenvalue weighted by molar-refractivity contribution is 5.77. The molecule has 1 N–H and O–H groups in total. The molecule has 0 saturated carbocycles. The molecule has 1 fully saturated rings. The molecular weight excluding hydrogens is 200 g/mol. The van der Waals surface area contributed by atoms with Crippen molar-refractivity contribution in [2.45, 2.75) is 40.5 Å². The van der Waals surface area contributed by atoms with E-state index in [1.54, 1.807) is 7.05 Å². The molecule has 98 valence electrons. The average Bonchev–Trinajstić information content (AvgIpc) is 2.32. The van der Waals surface area contributed by atoms with Crippen LogP contribution in [0.4, 0.5) is 0 Å². The molecule has 1 heterocycles. The highest BCUT2D eigenvalue weighted by Crippen LogP contribution is 2.23. The Hall–Kier alpha value is -0.570. The van der Waals surface area contributed by atoms with E-state index in [2.05, 4.69) is 24.1 Å². The van der Waals surface area contributed by atoms with Crippen LogP contribution in [0.15, 0.2) is 0 Å². The van der Waals surface area contributed by atoms with Gasteiger partial charge < -0.3 is 5.32 Å². The molecule has 0 bridgehead atoms. The summed E-state index contributed by atoms with van der Waals surface area (Å²) in [5, 5.41) is 2.67. The molecule has 3 nitrogen and oxygen atoms in total. The molecule has 0 spiro atoms. The lowest BCUT2D eigenvalue weighted by Crippen LogP contribution is -2.41. The highest BCUT2D eigenvalue weighted by Gasteiger charge is 2.22. The van der Waals surface area contributed by atoms with Crippen LogP contribution >= 0.6 is 0 Å². The Bertz CT molecular complexity index is 190. The van der Waals surface area contributed by atoms with E-state index in [1.165, 1.54) is 12.8 Å². The van der Waals surface area contributed by atoms with Gasteiger partial charge in [-0.15, -0.1) is 0 Å². The van der Waals surface area contributed by atoms with Crippen molar-refractivity contribution in [1.29, 1.82) is 0 Å². The predicted octanol–water partition coefficient (Wildman–Crippen LogP) is 2.37. The van der Waals surface area contributed by atoms with Gasteiger partial charge in [-0.1, -0.05) is 27.7 Å². The van der Waals surface area contributed by atoms with E-state index in [9.17, 15) is 4.79 Å². The fourth-order valence-corrected chi connectivity index (χ4v) is 2.06. The number of rotatable bonds is 3. The van der Waals surface area contributed by atoms with Gasteiger partial charge in [0.1, 0.15) is 0 Å². The lowest BCUT2D eigenvalue weighted by molar-refractivity contribution is -0.122. The topological polar surface area (TPSA) is 32.3 Å². The molecule has 1 aliphatic rings. The van der Waals surface area contributed by atoms with E-state index in [0.29, 0.717) is 6.54 Å². The molecule has 0 aromatic rings. The van der Waals surface area contributed by atoms with Crippen LogP contribution < -0.4 is 5.32 Å². The Labute approximate surface area is 102 Å². The number of carbonyl (C=O) groups is 1. The number of likely N-dealkylation sites (N-methyl/N-ethyl adjacent to an activating group) is 1. The van der Waals surface area contributed by atoms with Gasteiger partial charge in [-0.25, -0.2) is 0 Å². The van der Waals surface area contributed by atoms with Crippen LogP contribution in [0.3, 0.4) is 0 Å². The lowest BCUT2D eigenvalue weighted by Gasteiger charge is -2.33. The lowest BCUT2D eigenvalue weighted by atomic mass is 9.87. The van der Waals surface area contributed by atoms with Crippen molar-refractivity contribution < 1.29 is 6.22 Å². The van der Waals surface area contributed by atoms with Crippen LogP contribution in [0.25, 0.3) is 0 Å². The van der Waals surface area contributed by atoms with E-state index < -0.39 is 0 Å². The third-order valence-corrected chi connectivity index (χ3v) is 3.22. The van der Waals surface area contributed by atoms with Gasteiger partial charge >= 0.3 is 0 Å². The van der Waals surface area contributed by atoms with E-state index in [0.717, 1.165) is 24.9 Å². The van der Waals surface area contributed by atoms with E-state index >= 15 is 0 Å². The van der Waals surface area contributed by atoms with Crippen molar-refractivity contribution in [3.8, 4) is 0 Å². The van der Waals surface area contributed by atoms with Gasteiger partial charge in [0.2, 0.25) is 5.91 Å². The van der Waals surface area contributed by atoms with Crippen LogP contribution in [0.2, 0.25) is 0 Å². The van der Waals surface area contributed by atoms with Gasteiger partial charge in [0.25, 0.3) is 0 Å². The van der Waals surface area contributed by atoms with Crippen LogP contribution in [-0.2, 0) is 4.79 Å². The quantitative estimate of drug-likeness (QED) is 0.807. The maximum absolute atomic E-state index is 11.1. The Kier molecular flexibility index (Phi) is 8.26. The molecule has 0 aromatic heterocycles. The third-order valence-electron chi connectivity index (χ3n) is 3.22. The first-order valence-electron chi connectivity index (χ1n) is 6.56. The second kappa shape index (κ2) is 8.57. The van der Waals surface area contributed by atoms with Gasteiger partial charge in [0.05, 0.1) is 6.54 Å². The third kappa shape index (κ3) is 5.50. The number of likely N-dealkylation sites (tertiary alicyclic amines) is 1. The first-order chi connectivity index (χ1) is 7.63. The summed E-state index contributed by atoms with van der Waals surface area (Å²) >= 11 is 0. The molecule has 0 atom stereocenters.